The van der Waals surface area contributed by atoms with Crippen LogP contribution in [0, 0.1) is 5.92 Å². The number of rotatable bonds is 3. The third kappa shape index (κ3) is 3.76. The van der Waals surface area contributed by atoms with Crippen molar-refractivity contribution >= 4 is 15.6 Å². The van der Waals surface area contributed by atoms with Crippen molar-refractivity contribution < 1.29 is 17.9 Å². The standard InChI is InChI=1S/C11H19NO4S/c13-11(9-2-1-4-16-7-9)6-10-8-17(14,15)5-3-12-10/h9-10,12H,1-8H2. The molecular formula is C11H19NO4S. The highest BCUT2D eigenvalue weighted by Gasteiger charge is 2.29. The van der Waals surface area contributed by atoms with Crippen molar-refractivity contribution in [3.63, 3.8) is 0 Å². The first-order valence-corrected chi connectivity index (χ1v) is 7.93. The number of sulfone groups is 1. The number of nitrogens with one attached hydrogen (secondary N) is 1. The fourth-order valence-corrected chi connectivity index (χ4v) is 3.85. The van der Waals surface area contributed by atoms with E-state index in [0.717, 1.165) is 19.4 Å². The molecule has 0 radical (unpaired) electrons. The van der Waals surface area contributed by atoms with Crippen LogP contribution in [0.15, 0.2) is 0 Å². The molecule has 6 heteroatoms. The Kier molecular flexibility index (Phi) is 4.17. The predicted octanol–water partition coefficient (Wildman–Crippen LogP) is -0.241. The smallest absolute Gasteiger partial charge is 0.153 e. The molecule has 1 N–H and O–H groups in total. The van der Waals surface area contributed by atoms with Gasteiger partial charge in [-0.1, -0.05) is 0 Å². The van der Waals surface area contributed by atoms with E-state index < -0.39 is 9.84 Å². The molecule has 2 heterocycles. The maximum atomic E-state index is 12.0. The van der Waals surface area contributed by atoms with Crippen LogP contribution in [0.3, 0.4) is 0 Å². The minimum atomic E-state index is -2.95. The Morgan fingerprint density at radius 2 is 2.24 bits per heavy atom. The largest absolute Gasteiger partial charge is 0.381 e. The van der Waals surface area contributed by atoms with E-state index >= 15 is 0 Å². The monoisotopic (exact) mass is 261 g/mol. The first-order chi connectivity index (χ1) is 8.07. The number of hydrogen-bond acceptors (Lipinski definition) is 5. The Morgan fingerprint density at radius 1 is 1.41 bits per heavy atom. The summed E-state index contributed by atoms with van der Waals surface area (Å²) in [6.45, 7) is 1.69. The lowest BCUT2D eigenvalue weighted by Crippen LogP contribution is -2.46. The molecule has 2 aliphatic heterocycles. The maximum Gasteiger partial charge on any atom is 0.153 e. The van der Waals surface area contributed by atoms with Crippen LogP contribution in [-0.2, 0) is 19.4 Å². The van der Waals surface area contributed by atoms with E-state index in [1.54, 1.807) is 0 Å². The Bertz CT molecular complexity index is 373. The second-order valence-electron chi connectivity index (χ2n) is 4.85. The van der Waals surface area contributed by atoms with Crippen molar-refractivity contribution in [2.75, 3.05) is 31.3 Å². The van der Waals surface area contributed by atoms with Gasteiger partial charge in [0.2, 0.25) is 0 Å². The van der Waals surface area contributed by atoms with Gasteiger partial charge in [0.15, 0.2) is 9.84 Å². The molecule has 2 fully saturated rings. The van der Waals surface area contributed by atoms with Gasteiger partial charge in [0.25, 0.3) is 0 Å². The van der Waals surface area contributed by atoms with Gasteiger partial charge in [-0.05, 0) is 12.8 Å². The maximum absolute atomic E-state index is 12.0. The number of ketones is 1. The first-order valence-electron chi connectivity index (χ1n) is 6.11. The minimum absolute atomic E-state index is 0.0322. The molecule has 0 aliphatic carbocycles. The van der Waals surface area contributed by atoms with Crippen molar-refractivity contribution in [3.05, 3.63) is 0 Å². The Balaban J connectivity index is 1.85. The van der Waals surface area contributed by atoms with E-state index in [0.29, 0.717) is 19.6 Å². The normalized spacial score (nSPS) is 33.2. The zero-order chi connectivity index (χ0) is 12.3. The molecule has 0 saturated carbocycles. The van der Waals surface area contributed by atoms with Gasteiger partial charge in [-0.3, -0.25) is 4.79 Å². The second kappa shape index (κ2) is 5.46. The Hall–Kier alpha value is -0.460. The third-order valence-corrected chi connectivity index (χ3v) is 5.10. The molecule has 2 saturated heterocycles. The molecular weight excluding hydrogens is 242 g/mol. The van der Waals surface area contributed by atoms with Crippen LogP contribution in [0.1, 0.15) is 19.3 Å². The lowest BCUT2D eigenvalue weighted by atomic mass is 9.93. The quantitative estimate of drug-likeness (QED) is 0.759. The molecule has 0 amide bonds. The molecule has 0 bridgehead atoms. The molecule has 5 nitrogen and oxygen atoms in total. The fraction of sp³-hybridized carbons (Fsp3) is 0.909. The molecule has 0 aromatic heterocycles. The molecule has 0 aromatic carbocycles. The first kappa shape index (κ1) is 13.0. The number of Topliss-reactive ketones (excluding diaryl/α,β-unsaturated/α-hetero) is 1. The van der Waals surface area contributed by atoms with Gasteiger partial charge in [-0.25, -0.2) is 8.42 Å². The molecule has 2 aliphatic rings. The summed E-state index contributed by atoms with van der Waals surface area (Å²) >= 11 is 0. The van der Waals surface area contributed by atoms with Gasteiger partial charge in [0.1, 0.15) is 5.78 Å². The summed E-state index contributed by atoms with van der Waals surface area (Å²) < 4.78 is 28.2. The van der Waals surface area contributed by atoms with Crippen LogP contribution in [0.4, 0.5) is 0 Å². The van der Waals surface area contributed by atoms with Crippen LogP contribution in [0.25, 0.3) is 0 Å². The van der Waals surface area contributed by atoms with Crippen molar-refractivity contribution in [1.29, 1.82) is 0 Å². The third-order valence-electron chi connectivity index (χ3n) is 3.36. The van der Waals surface area contributed by atoms with Crippen LogP contribution in [0.2, 0.25) is 0 Å². The summed E-state index contributed by atoms with van der Waals surface area (Å²) in [5.41, 5.74) is 0. The predicted molar refractivity (Wildman–Crippen MR) is 63.6 cm³/mol. The van der Waals surface area contributed by atoms with Gasteiger partial charge in [0.05, 0.1) is 18.1 Å². The van der Waals surface area contributed by atoms with E-state index in [1.165, 1.54) is 0 Å². The highest BCUT2D eigenvalue weighted by atomic mass is 32.2. The van der Waals surface area contributed by atoms with Gasteiger partial charge in [-0.15, -0.1) is 0 Å². The van der Waals surface area contributed by atoms with Crippen molar-refractivity contribution in [3.8, 4) is 0 Å². The molecule has 2 rings (SSSR count). The van der Waals surface area contributed by atoms with Crippen molar-refractivity contribution in [1.82, 2.24) is 5.32 Å². The molecule has 2 unspecified atom stereocenters. The van der Waals surface area contributed by atoms with Gasteiger partial charge in [0, 0.05) is 31.5 Å². The molecule has 17 heavy (non-hydrogen) atoms. The Morgan fingerprint density at radius 3 is 2.88 bits per heavy atom. The highest BCUT2D eigenvalue weighted by Crippen LogP contribution is 2.17. The van der Waals surface area contributed by atoms with E-state index in [4.69, 9.17) is 4.74 Å². The molecule has 98 valence electrons. The minimum Gasteiger partial charge on any atom is -0.381 e. The lowest BCUT2D eigenvalue weighted by molar-refractivity contribution is -0.127. The zero-order valence-corrected chi connectivity index (χ0v) is 10.7. The van der Waals surface area contributed by atoms with E-state index in [-0.39, 0.29) is 29.2 Å². The fourth-order valence-electron chi connectivity index (χ4n) is 2.40. The van der Waals surface area contributed by atoms with Gasteiger partial charge < -0.3 is 10.1 Å². The van der Waals surface area contributed by atoms with Crippen molar-refractivity contribution in [2.45, 2.75) is 25.3 Å². The average molecular weight is 261 g/mol. The highest BCUT2D eigenvalue weighted by molar-refractivity contribution is 7.91. The molecule has 0 aromatic rings. The van der Waals surface area contributed by atoms with Crippen LogP contribution in [-0.4, -0.2) is 51.5 Å². The van der Waals surface area contributed by atoms with E-state index in [1.807, 2.05) is 0 Å². The number of carbonyl (C=O) groups is 1. The molecule has 2 atom stereocenters. The summed E-state index contributed by atoms with van der Waals surface area (Å²) in [4.78, 5) is 12.0. The number of carbonyl (C=O) groups excluding carboxylic acids is 1. The second-order valence-corrected chi connectivity index (χ2v) is 7.08. The lowest BCUT2D eigenvalue weighted by Gasteiger charge is -2.26. The van der Waals surface area contributed by atoms with Crippen molar-refractivity contribution in [2.24, 2.45) is 5.92 Å². The van der Waals surface area contributed by atoms with E-state index in [2.05, 4.69) is 5.32 Å². The van der Waals surface area contributed by atoms with Gasteiger partial charge in [-0.2, -0.15) is 0 Å². The summed E-state index contributed by atoms with van der Waals surface area (Å²) in [6, 6.07) is -0.205. The SMILES string of the molecule is O=C(CC1CS(=O)(=O)CCN1)C1CCCOC1. The topological polar surface area (TPSA) is 72.5 Å². The average Bonchev–Trinajstić information content (AvgIpc) is 2.29. The van der Waals surface area contributed by atoms with Crippen LogP contribution in [0.5, 0.6) is 0 Å². The number of hydrogen-bond donors (Lipinski definition) is 1. The van der Waals surface area contributed by atoms with Crippen LogP contribution >= 0.6 is 0 Å². The van der Waals surface area contributed by atoms with Crippen LogP contribution < -0.4 is 5.32 Å². The summed E-state index contributed by atoms with van der Waals surface area (Å²) in [6.07, 6.45) is 2.11. The van der Waals surface area contributed by atoms with Gasteiger partial charge >= 0.3 is 0 Å². The Labute approximate surface area is 102 Å². The van der Waals surface area contributed by atoms with E-state index in [9.17, 15) is 13.2 Å². The summed E-state index contributed by atoms with van der Waals surface area (Å²) in [5, 5.41) is 3.10. The number of ether oxygens (including phenoxy) is 1. The summed E-state index contributed by atoms with van der Waals surface area (Å²) in [7, 11) is -2.95. The molecule has 0 spiro atoms. The zero-order valence-electron chi connectivity index (χ0n) is 9.85. The summed E-state index contributed by atoms with van der Waals surface area (Å²) in [5.74, 6) is 0.380.